The van der Waals surface area contributed by atoms with E-state index in [0.29, 0.717) is 21.7 Å². The molecule has 2 aromatic heterocycles. The number of rotatable bonds is 6. The van der Waals surface area contributed by atoms with Crippen LogP contribution < -0.4 is 5.73 Å². The van der Waals surface area contributed by atoms with Crippen LogP contribution in [0.4, 0.5) is 4.39 Å². The molecular formula is C24H19ClFN3O2S. The molecule has 0 bridgehead atoms. The van der Waals surface area contributed by atoms with Gasteiger partial charge in [0.25, 0.3) is 0 Å². The third kappa shape index (κ3) is 3.90. The zero-order chi connectivity index (χ0) is 21.6. The molecule has 1 aliphatic rings. The number of carbonyl (C=O) groups is 1. The van der Waals surface area contributed by atoms with Gasteiger partial charge in [-0.05, 0) is 41.8 Å². The summed E-state index contributed by atoms with van der Waals surface area (Å²) in [5, 5.41) is 9.48. The number of nitrogens with zero attached hydrogens (tertiary/aromatic N) is 2. The Kier molecular flexibility index (Phi) is 5.81. The molecule has 5 rings (SSSR count). The van der Waals surface area contributed by atoms with E-state index in [2.05, 4.69) is 29.3 Å². The van der Waals surface area contributed by atoms with Crippen molar-refractivity contribution in [3.8, 4) is 10.6 Å². The second-order valence-electron chi connectivity index (χ2n) is 7.57. The second kappa shape index (κ2) is 8.43. The average molecular weight is 468 g/mol. The van der Waals surface area contributed by atoms with Crippen LogP contribution in [0.1, 0.15) is 16.8 Å². The van der Waals surface area contributed by atoms with Crippen LogP contribution in [-0.4, -0.2) is 27.1 Å². The van der Waals surface area contributed by atoms with Crippen molar-refractivity contribution in [3.63, 3.8) is 0 Å². The lowest BCUT2D eigenvalue weighted by Gasteiger charge is -2.15. The quantitative estimate of drug-likeness (QED) is 0.400. The predicted molar refractivity (Wildman–Crippen MR) is 126 cm³/mol. The third-order valence-corrected chi connectivity index (χ3v) is 6.47. The number of carboxylic acids is 1. The molecule has 0 aliphatic heterocycles. The van der Waals surface area contributed by atoms with Crippen molar-refractivity contribution in [1.82, 2.24) is 9.97 Å². The van der Waals surface area contributed by atoms with Crippen molar-refractivity contribution < 1.29 is 14.3 Å². The van der Waals surface area contributed by atoms with E-state index in [1.807, 2.05) is 30.3 Å². The molecule has 32 heavy (non-hydrogen) atoms. The molecule has 0 radical (unpaired) electrons. The molecule has 3 N–H and O–H groups in total. The lowest BCUT2D eigenvalue weighted by molar-refractivity contribution is -0.138. The maximum atomic E-state index is 14.8. The fourth-order valence-corrected chi connectivity index (χ4v) is 4.64. The topological polar surface area (TPSA) is 89.1 Å². The van der Waals surface area contributed by atoms with Gasteiger partial charge in [-0.3, -0.25) is 4.79 Å². The minimum atomic E-state index is -1.11. The van der Waals surface area contributed by atoms with E-state index in [-0.39, 0.29) is 24.2 Å². The summed E-state index contributed by atoms with van der Waals surface area (Å²) in [5.41, 5.74) is 8.95. The van der Waals surface area contributed by atoms with Crippen molar-refractivity contribution in [1.29, 1.82) is 0 Å². The number of carboxylic acid groups (broad SMARTS) is 1. The summed E-state index contributed by atoms with van der Waals surface area (Å²) in [6.45, 7) is 0. The van der Waals surface area contributed by atoms with Crippen molar-refractivity contribution in [3.05, 3.63) is 95.5 Å². The van der Waals surface area contributed by atoms with Crippen molar-refractivity contribution >= 4 is 40.1 Å². The number of thiazole rings is 1. The van der Waals surface area contributed by atoms with E-state index in [1.165, 1.54) is 17.4 Å². The fourth-order valence-electron chi connectivity index (χ4n) is 3.67. The van der Waals surface area contributed by atoms with Gasteiger partial charge in [-0.2, -0.15) is 0 Å². The molecule has 1 aliphatic carbocycles. The van der Waals surface area contributed by atoms with E-state index >= 15 is 0 Å². The Labute approximate surface area is 193 Å². The summed E-state index contributed by atoms with van der Waals surface area (Å²) < 4.78 is 14.8. The molecule has 2 aromatic carbocycles. The number of aliphatic carboxylic acids is 1. The number of allylic oxidation sites excluding steroid dienone is 2. The molecule has 1 unspecified atom stereocenters. The van der Waals surface area contributed by atoms with Crippen LogP contribution in [0.5, 0.6) is 0 Å². The monoisotopic (exact) mass is 467 g/mol. The van der Waals surface area contributed by atoms with E-state index < -0.39 is 17.8 Å². The first kappa shape index (κ1) is 22.1. The van der Waals surface area contributed by atoms with Crippen molar-refractivity contribution in [2.24, 2.45) is 5.73 Å². The molecule has 2 heterocycles. The zero-order valence-electron chi connectivity index (χ0n) is 16.7. The Morgan fingerprint density at radius 1 is 1.09 bits per heavy atom. The van der Waals surface area contributed by atoms with Crippen LogP contribution in [0.15, 0.2) is 72.8 Å². The smallest absolute Gasteiger partial charge is 0.320 e. The Hall–Kier alpha value is -3.13. The molecule has 0 spiro atoms. The summed E-state index contributed by atoms with van der Waals surface area (Å²) in [6, 6.07) is 17.6. The molecule has 0 amide bonds. The number of benzene rings is 2. The molecule has 1 atom stereocenters. The largest absolute Gasteiger partial charge is 0.480 e. The standard InChI is InChI=1S/C24H18FN3O2S.ClH/c25-17-12-14(13-18(26)23(29)30)6-7-16(17)21-27-19-8-9-20(28-22(19)31-21)24(10-11-24)15-4-2-1-3-5-15;/h1-12,18H,13,26H2,(H,29,30);1H. The minimum absolute atomic E-state index is 0. The van der Waals surface area contributed by atoms with Crippen LogP contribution in [-0.2, 0) is 16.6 Å². The highest BCUT2D eigenvalue weighted by Gasteiger charge is 2.39. The molecule has 0 saturated carbocycles. The number of aromatic nitrogens is 2. The third-order valence-electron chi connectivity index (χ3n) is 5.47. The maximum absolute atomic E-state index is 14.8. The lowest BCUT2D eigenvalue weighted by atomic mass is 9.89. The molecule has 162 valence electrons. The Bertz CT molecular complexity index is 1330. The minimum Gasteiger partial charge on any atom is -0.480 e. The van der Waals surface area contributed by atoms with Gasteiger partial charge in [0.1, 0.15) is 27.2 Å². The Morgan fingerprint density at radius 3 is 2.50 bits per heavy atom. The van der Waals surface area contributed by atoms with Crippen LogP contribution in [0.3, 0.4) is 0 Å². The molecular weight excluding hydrogens is 449 g/mol. The first-order valence-corrected chi connectivity index (χ1v) is 10.6. The number of halogens is 2. The van der Waals surface area contributed by atoms with Crippen LogP contribution in [0, 0.1) is 5.82 Å². The number of pyridine rings is 1. The van der Waals surface area contributed by atoms with Crippen molar-refractivity contribution in [2.75, 3.05) is 0 Å². The molecule has 0 fully saturated rings. The van der Waals surface area contributed by atoms with E-state index in [9.17, 15) is 9.18 Å². The SMILES string of the molecule is Cl.NC(Cc1ccc(-c2nc3ccc(C4(c5ccccc5)C=C4)nc3s2)c(F)c1)C(=O)O. The summed E-state index contributed by atoms with van der Waals surface area (Å²) in [6.07, 6.45) is 4.31. The van der Waals surface area contributed by atoms with Gasteiger partial charge in [0.05, 0.1) is 11.1 Å². The summed E-state index contributed by atoms with van der Waals surface area (Å²) >= 11 is 1.33. The zero-order valence-corrected chi connectivity index (χ0v) is 18.4. The Morgan fingerprint density at radius 2 is 1.84 bits per heavy atom. The van der Waals surface area contributed by atoms with Crippen molar-refractivity contribution in [2.45, 2.75) is 17.9 Å². The Balaban J connectivity index is 0.00000245. The fraction of sp³-hybridized carbons (Fsp3) is 0.125. The summed E-state index contributed by atoms with van der Waals surface area (Å²) in [4.78, 5) is 21.1. The lowest BCUT2D eigenvalue weighted by Crippen LogP contribution is -2.32. The summed E-state index contributed by atoms with van der Waals surface area (Å²) in [7, 11) is 0. The normalized spacial score (nSPS) is 14.7. The molecule has 0 saturated heterocycles. The first-order chi connectivity index (χ1) is 15.0. The van der Waals surface area contributed by atoms with Crippen LogP contribution in [0.25, 0.3) is 20.9 Å². The highest BCUT2D eigenvalue weighted by atomic mass is 35.5. The number of hydrogen-bond donors (Lipinski definition) is 2. The van der Waals surface area contributed by atoms with Gasteiger partial charge in [0, 0.05) is 5.56 Å². The van der Waals surface area contributed by atoms with E-state index in [1.54, 1.807) is 12.1 Å². The average Bonchev–Trinajstić information content (AvgIpc) is 3.47. The molecule has 4 aromatic rings. The molecule has 5 nitrogen and oxygen atoms in total. The number of nitrogens with two attached hydrogens (primary N) is 1. The maximum Gasteiger partial charge on any atom is 0.320 e. The number of hydrogen-bond acceptors (Lipinski definition) is 5. The van der Waals surface area contributed by atoms with Gasteiger partial charge in [-0.25, -0.2) is 14.4 Å². The van der Waals surface area contributed by atoms with Gasteiger partial charge in [0.2, 0.25) is 0 Å². The van der Waals surface area contributed by atoms with Gasteiger partial charge in [-0.1, -0.05) is 59.9 Å². The van der Waals surface area contributed by atoms with Gasteiger partial charge >= 0.3 is 5.97 Å². The van der Waals surface area contributed by atoms with Gasteiger partial charge in [0.15, 0.2) is 0 Å². The molecule has 8 heteroatoms. The number of fused-ring (bicyclic) bond motifs is 1. The van der Waals surface area contributed by atoms with E-state index in [0.717, 1.165) is 16.1 Å². The second-order valence-corrected chi connectivity index (χ2v) is 8.55. The van der Waals surface area contributed by atoms with E-state index in [4.69, 9.17) is 15.8 Å². The first-order valence-electron chi connectivity index (χ1n) is 9.77. The van der Waals surface area contributed by atoms with Crippen LogP contribution in [0.2, 0.25) is 0 Å². The van der Waals surface area contributed by atoms with Gasteiger partial charge in [-0.15, -0.1) is 12.4 Å². The summed E-state index contributed by atoms with van der Waals surface area (Å²) in [5.74, 6) is -1.57. The van der Waals surface area contributed by atoms with Gasteiger partial charge < -0.3 is 10.8 Å². The predicted octanol–water partition coefficient (Wildman–Crippen LogP) is 4.73. The van der Waals surface area contributed by atoms with Crippen LogP contribution >= 0.6 is 23.7 Å². The highest BCUT2D eigenvalue weighted by Crippen LogP contribution is 2.45. The highest BCUT2D eigenvalue weighted by molar-refractivity contribution is 7.21.